The number of aromatic amines is 1. The second-order valence-corrected chi connectivity index (χ2v) is 5.74. The minimum Gasteiger partial charge on any atom is -0.365 e. The molecule has 0 atom stereocenters. The molecule has 0 aliphatic carbocycles. The average Bonchev–Trinajstić information content (AvgIpc) is 2.99. The summed E-state index contributed by atoms with van der Waals surface area (Å²) in [6.45, 7) is 6.05. The summed E-state index contributed by atoms with van der Waals surface area (Å²) in [7, 11) is 0. The van der Waals surface area contributed by atoms with Gasteiger partial charge >= 0.3 is 0 Å². The van der Waals surface area contributed by atoms with Gasteiger partial charge in [-0.1, -0.05) is 0 Å². The van der Waals surface area contributed by atoms with Crippen molar-refractivity contribution in [2.24, 2.45) is 5.41 Å². The van der Waals surface area contributed by atoms with Crippen molar-refractivity contribution in [3.8, 4) is 0 Å². The number of rotatable bonds is 1. The van der Waals surface area contributed by atoms with Crippen molar-refractivity contribution in [1.82, 2.24) is 15.2 Å². The number of nitrogens with one attached hydrogen (secondary N) is 2. The SMILES string of the molecule is Cc1[nH]ccc1C(=O)N1CCC2(CCNC2)CC1.Cl. The van der Waals surface area contributed by atoms with Crippen LogP contribution in [0.2, 0.25) is 0 Å². The van der Waals surface area contributed by atoms with Crippen LogP contribution in [-0.4, -0.2) is 42.0 Å². The second kappa shape index (κ2) is 5.55. The number of H-pyrrole nitrogens is 1. The number of piperidine rings is 1. The quantitative estimate of drug-likeness (QED) is 0.828. The van der Waals surface area contributed by atoms with Crippen molar-refractivity contribution in [2.75, 3.05) is 26.2 Å². The van der Waals surface area contributed by atoms with Gasteiger partial charge in [-0.15, -0.1) is 12.4 Å². The molecule has 0 saturated carbocycles. The van der Waals surface area contributed by atoms with Crippen molar-refractivity contribution < 1.29 is 4.79 Å². The summed E-state index contributed by atoms with van der Waals surface area (Å²) < 4.78 is 0. The molecule has 1 amide bonds. The minimum atomic E-state index is 0. The number of nitrogens with zero attached hydrogens (tertiary/aromatic N) is 1. The Hall–Kier alpha value is -1.00. The Balaban J connectivity index is 0.00000133. The molecular weight excluding hydrogens is 262 g/mol. The van der Waals surface area contributed by atoms with Gasteiger partial charge in [0.2, 0.25) is 0 Å². The highest BCUT2D eigenvalue weighted by atomic mass is 35.5. The lowest BCUT2D eigenvalue weighted by atomic mass is 9.78. The standard InChI is InChI=1S/C14H21N3O.ClH/c1-11-12(2-6-16-11)13(18)17-8-4-14(5-9-17)3-7-15-10-14;/h2,6,15-16H,3-5,7-10H2,1H3;1H. The molecule has 106 valence electrons. The molecule has 3 rings (SSSR count). The van der Waals surface area contributed by atoms with Gasteiger partial charge in [-0.2, -0.15) is 0 Å². The molecule has 2 aliphatic heterocycles. The van der Waals surface area contributed by atoms with Gasteiger partial charge in [0.15, 0.2) is 0 Å². The number of aromatic nitrogens is 1. The summed E-state index contributed by atoms with van der Waals surface area (Å²) in [6, 6.07) is 1.89. The fourth-order valence-electron chi connectivity index (χ4n) is 3.26. The number of hydrogen-bond acceptors (Lipinski definition) is 2. The van der Waals surface area contributed by atoms with Crippen LogP contribution in [0.1, 0.15) is 35.3 Å². The Morgan fingerprint density at radius 1 is 1.32 bits per heavy atom. The first kappa shape index (κ1) is 14.4. The summed E-state index contributed by atoms with van der Waals surface area (Å²) in [6.07, 6.45) is 5.41. The van der Waals surface area contributed by atoms with E-state index in [1.165, 1.54) is 6.42 Å². The van der Waals surface area contributed by atoms with E-state index in [0.717, 1.165) is 50.3 Å². The number of aryl methyl sites for hydroxylation is 1. The molecule has 5 heteroatoms. The predicted octanol–water partition coefficient (Wildman–Crippen LogP) is 1.96. The van der Waals surface area contributed by atoms with Crippen LogP contribution < -0.4 is 5.32 Å². The fourth-order valence-corrected chi connectivity index (χ4v) is 3.26. The number of carbonyl (C=O) groups excluding carboxylic acids is 1. The molecule has 2 saturated heterocycles. The lowest BCUT2D eigenvalue weighted by Crippen LogP contribution is -2.44. The summed E-state index contributed by atoms with van der Waals surface area (Å²) in [5.41, 5.74) is 2.28. The van der Waals surface area contributed by atoms with E-state index >= 15 is 0 Å². The van der Waals surface area contributed by atoms with Crippen molar-refractivity contribution in [2.45, 2.75) is 26.2 Å². The third-order valence-corrected chi connectivity index (χ3v) is 4.63. The summed E-state index contributed by atoms with van der Waals surface area (Å²) in [5, 5.41) is 3.46. The third kappa shape index (κ3) is 2.65. The van der Waals surface area contributed by atoms with Gasteiger partial charge in [0, 0.05) is 31.5 Å². The number of likely N-dealkylation sites (tertiary alicyclic amines) is 1. The van der Waals surface area contributed by atoms with Gasteiger partial charge in [-0.05, 0) is 44.2 Å². The van der Waals surface area contributed by atoms with E-state index in [4.69, 9.17) is 0 Å². The van der Waals surface area contributed by atoms with E-state index in [-0.39, 0.29) is 18.3 Å². The highest BCUT2D eigenvalue weighted by Gasteiger charge is 2.38. The molecule has 0 radical (unpaired) electrons. The smallest absolute Gasteiger partial charge is 0.255 e. The van der Waals surface area contributed by atoms with Crippen LogP contribution in [0, 0.1) is 12.3 Å². The lowest BCUT2D eigenvalue weighted by Gasteiger charge is -2.38. The number of carbonyl (C=O) groups is 1. The summed E-state index contributed by atoms with van der Waals surface area (Å²) >= 11 is 0. The molecule has 0 bridgehead atoms. The number of halogens is 1. The highest BCUT2D eigenvalue weighted by molar-refractivity contribution is 5.95. The number of hydrogen-bond donors (Lipinski definition) is 2. The molecule has 1 aromatic heterocycles. The predicted molar refractivity (Wildman–Crippen MR) is 77.8 cm³/mol. The van der Waals surface area contributed by atoms with Crippen LogP contribution in [0.3, 0.4) is 0 Å². The van der Waals surface area contributed by atoms with Gasteiger partial charge in [-0.25, -0.2) is 0 Å². The zero-order valence-electron chi connectivity index (χ0n) is 11.4. The van der Waals surface area contributed by atoms with E-state index in [9.17, 15) is 4.79 Å². The molecule has 2 aliphatic rings. The molecule has 1 aromatic rings. The largest absolute Gasteiger partial charge is 0.365 e. The number of amides is 1. The molecule has 19 heavy (non-hydrogen) atoms. The maximum absolute atomic E-state index is 12.4. The molecule has 4 nitrogen and oxygen atoms in total. The molecule has 0 aromatic carbocycles. The first-order chi connectivity index (χ1) is 8.70. The Morgan fingerprint density at radius 3 is 2.58 bits per heavy atom. The third-order valence-electron chi connectivity index (χ3n) is 4.63. The molecule has 1 spiro atoms. The zero-order valence-corrected chi connectivity index (χ0v) is 12.2. The summed E-state index contributed by atoms with van der Waals surface area (Å²) in [4.78, 5) is 17.5. The first-order valence-corrected chi connectivity index (χ1v) is 6.84. The van der Waals surface area contributed by atoms with Gasteiger partial charge in [-0.3, -0.25) is 4.79 Å². The zero-order chi connectivity index (χ0) is 12.6. The Morgan fingerprint density at radius 2 is 2.05 bits per heavy atom. The van der Waals surface area contributed by atoms with Crippen LogP contribution in [0.4, 0.5) is 0 Å². The van der Waals surface area contributed by atoms with Gasteiger partial charge < -0.3 is 15.2 Å². The monoisotopic (exact) mass is 283 g/mol. The average molecular weight is 284 g/mol. The summed E-state index contributed by atoms with van der Waals surface area (Å²) in [5.74, 6) is 0.189. The van der Waals surface area contributed by atoms with Crippen molar-refractivity contribution in [3.63, 3.8) is 0 Å². The van der Waals surface area contributed by atoms with Crippen LogP contribution in [0.5, 0.6) is 0 Å². The van der Waals surface area contributed by atoms with Crippen LogP contribution in [0.15, 0.2) is 12.3 Å². The first-order valence-electron chi connectivity index (χ1n) is 6.84. The van der Waals surface area contributed by atoms with Gasteiger partial charge in [0.25, 0.3) is 5.91 Å². The van der Waals surface area contributed by atoms with E-state index in [0.29, 0.717) is 5.41 Å². The molecule has 3 heterocycles. The van der Waals surface area contributed by atoms with Gasteiger partial charge in [0.1, 0.15) is 0 Å². The second-order valence-electron chi connectivity index (χ2n) is 5.74. The van der Waals surface area contributed by atoms with E-state index in [1.807, 2.05) is 24.1 Å². The van der Waals surface area contributed by atoms with Gasteiger partial charge in [0.05, 0.1) is 5.56 Å². The van der Waals surface area contributed by atoms with E-state index in [2.05, 4.69) is 10.3 Å². The molecule has 2 N–H and O–H groups in total. The Bertz CT molecular complexity index is 441. The highest BCUT2D eigenvalue weighted by Crippen LogP contribution is 2.37. The fraction of sp³-hybridized carbons (Fsp3) is 0.643. The van der Waals surface area contributed by atoms with E-state index < -0.39 is 0 Å². The maximum atomic E-state index is 12.4. The Kier molecular flexibility index (Phi) is 4.21. The van der Waals surface area contributed by atoms with E-state index in [1.54, 1.807) is 0 Å². The minimum absolute atomic E-state index is 0. The van der Waals surface area contributed by atoms with Crippen LogP contribution >= 0.6 is 12.4 Å². The van der Waals surface area contributed by atoms with Crippen LogP contribution in [0.25, 0.3) is 0 Å². The molecule has 2 fully saturated rings. The lowest BCUT2D eigenvalue weighted by molar-refractivity contribution is 0.0607. The maximum Gasteiger partial charge on any atom is 0.255 e. The van der Waals surface area contributed by atoms with Crippen molar-refractivity contribution >= 4 is 18.3 Å². The van der Waals surface area contributed by atoms with Crippen molar-refractivity contribution in [3.05, 3.63) is 23.5 Å². The Labute approximate surface area is 120 Å². The van der Waals surface area contributed by atoms with Crippen LogP contribution in [-0.2, 0) is 0 Å². The normalized spacial score (nSPS) is 21.4. The van der Waals surface area contributed by atoms with Crippen molar-refractivity contribution in [1.29, 1.82) is 0 Å². The molecular formula is C14H22ClN3O. The molecule has 0 unspecified atom stereocenters. The topological polar surface area (TPSA) is 48.1 Å².